The van der Waals surface area contributed by atoms with Crippen molar-refractivity contribution in [3.8, 4) is 0 Å². The standard InChI is InChI=1S/C23H22N2O4S/c1-18-10-16-22(17-11-18)30(28,29)24-23(9-5-8-19-6-3-2-4-7-19)20-12-14-21(15-13-20)25(26)27/h2-7,9-17,23-24H,8H2,1H3/b9-5+. The minimum Gasteiger partial charge on any atom is -0.258 e. The topological polar surface area (TPSA) is 89.3 Å². The highest BCUT2D eigenvalue weighted by molar-refractivity contribution is 7.89. The summed E-state index contributed by atoms with van der Waals surface area (Å²) in [5.41, 5.74) is 2.62. The van der Waals surface area contributed by atoms with Crippen LogP contribution in [0, 0.1) is 17.0 Å². The SMILES string of the molecule is Cc1ccc(S(=O)(=O)NC(/C=C/Cc2ccccc2)c2ccc([N+](=O)[O-])cc2)cc1. The smallest absolute Gasteiger partial charge is 0.258 e. The van der Waals surface area contributed by atoms with Crippen LogP contribution in [0.15, 0.2) is 95.9 Å². The molecular weight excluding hydrogens is 400 g/mol. The molecule has 0 aliphatic heterocycles. The van der Waals surface area contributed by atoms with E-state index in [1.807, 2.05) is 43.3 Å². The fourth-order valence-electron chi connectivity index (χ4n) is 2.93. The number of rotatable bonds is 8. The van der Waals surface area contributed by atoms with Gasteiger partial charge in [0.1, 0.15) is 0 Å². The van der Waals surface area contributed by atoms with Crippen LogP contribution in [0.25, 0.3) is 0 Å². The van der Waals surface area contributed by atoms with E-state index in [1.165, 1.54) is 12.1 Å². The molecule has 0 saturated carbocycles. The first kappa shape index (κ1) is 21.4. The molecule has 3 rings (SSSR count). The zero-order valence-electron chi connectivity index (χ0n) is 16.4. The van der Waals surface area contributed by atoms with Gasteiger partial charge in [0.05, 0.1) is 15.9 Å². The summed E-state index contributed by atoms with van der Waals surface area (Å²) in [4.78, 5) is 10.6. The van der Waals surface area contributed by atoms with Gasteiger partial charge in [-0.1, -0.05) is 72.3 Å². The van der Waals surface area contributed by atoms with Gasteiger partial charge in [-0.05, 0) is 36.6 Å². The Bertz CT molecular complexity index is 1120. The zero-order chi connectivity index (χ0) is 21.6. The molecule has 30 heavy (non-hydrogen) atoms. The summed E-state index contributed by atoms with van der Waals surface area (Å²) in [7, 11) is -3.78. The van der Waals surface area contributed by atoms with E-state index in [0.717, 1.165) is 11.1 Å². The molecule has 1 atom stereocenters. The van der Waals surface area contributed by atoms with Crippen LogP contribution in [0.2, 0.25) is 0 Å². The molecule has 154 valence electrons. The van der Waals surface area contributed by atoms with Gasteiger partial charge in [0.25, 0.3) is 5.69 Å². The summed E-state index contributed by atoms with van der Waals surface area (Å²) < 4.78 is 28.5. The quantitative estimate of drug-likeness (QED) is 0.323. The lowest BCUT2D eigenvalue weighted by atomic mass is 10.1. The van der Waals surface area contributed by atoms with Crippen molar-refractivity contribution in [1.82, 2.24) is 4.72 Å². The zero-order valence-corrected chi connectivity index (χ0v) is 17.2. The Hall–Kier alpha value is -3.29. The van der Waals surface area contributed by atoms with Gasteiger partial charge in [-0.3, -0.25) is 10.1 Å². The number of nitrogens with zero attached hydrogens (tertiary/aromatic N) is 1. The van der Waals surface area contributed by atoms with Crippen LogP contribution >= 0.6 is 0 Å². The van der Waals surface area contributed by atoms with E-state index < -0.39 is 21.0 Å². The van der Waals surface area contributed by atoms with E-state index in [2.05, 4.69) is 4.72 Å². The molecule has 0 heterocycles. The molecule has 3 aromatic rings. The number of aryl methyl sites for hydroxylation is 1. The highest BCUT2D eigenvalue weighted by atomic mass is 32.2. The Kier molecular flexibility index (Phi) is 6.76. The Balaban J connectivity index is 1.88. The van der Waals surface area contributed by atoms with E-state index in [0.29, 0.717) is 12.0 Å². The van der Waals surface area contributed by atoms with E-state index in [1.54, 1.807) is 42.5 Å². The summed E-state index contributed by atoms with van der Waals surface area (Å²) >= 11 is 0. The molecule has 0 amide bonds. The number of nitro benzene ring substituents is 1. The molecule has 0 aliphatic rings. The molecule has 0 aromatic heterocycles. The molecule has 1 N–H and O–H groups in total. The summed E-state index contributed by atoms with van der Waals surface area (Å²) in [6, 6.07) is 21.6. The fourth-order valence-corrected chi connectivity index (χ4v) is 4.11. The number of benzene rings is 3. The predicted molar refractivity (Wildman–Crippen MR) is 117 cm³/mol. The molecule has 1 unspecified atom stereocenters. The van der Waals surface area contributed by atoms with Crippen molar-refractivity contribution in [2.24, 2.45) is 0 Å². The monoisotopic (exact) mass is 422 g/mol. The normalized spacial score (nSPS) is 12.7. The minimum atomic E-state index is -3.78. The Morgan fingerprint density at radius 2 is 1.60 bits per heavy atom. The number of hydrogen-bond donors (Lipinski definition) is 1. The van der Waals surface area contributed by atoms with Crippen LogP contribution in [-0.2, 0) is 16.4 Å². The third-order valence-corrected chi connectivity index (χ3v) is 6.06. The highest BCUT2D eigenvalue weighted by Gasteiger charge is 2.20. The van der Waals surface area contributed by atoms with Gasteiger partial charge < -0.3 is 0 Å². The molecule has 7 heteroatoms. The second kappa shape index (κ2) is 9.47. The van der Waals surface area contributed by atoms with Gasteiger partial charge in [-0.2, -0.15) is 4.72 Å². The predicted octanol–water partition coefficient (Wildman–Crippen LogP) is 4.72. The average molecular weight is 423 g/mol. The number of nitrogens with one attached hydrogen (secondary N) is 1. The first-order valence-electron chi connectivity index (χ1n) is 9.39. The molecule has 0 radical (unpaired) electrons. The largest absolute Gasteiger partial charge is 0.269 e. The first-order chi connectivity index (χ1) is 14.3. The van der Waals surface area contributed by atoms with E-state index in [9.17, 15) is 18.5 Å². The van der Waals surface area contributed by atoms with Crippen molar-refractivity contribution >= 4 is 15.7 Å². The maximum Gasteiger partial charge on any atom is 0.269 e. The van der Waals surface area contributed by atoms with Crippen molar-refractivity contribution in [3.05, 3.63) is 118 Å². The lowest BCUT2D eigenvalue weighted by molar-refractivity contribution is -0.384. The number of allylic oxidation sites excluding steroid dienone is 1. The molecule has 3 aromatic carbocycles. The number of hydrogen-bond acceptors (Lipinski definition) is 4. The third kappa shape index (κ3) is 5.62. The van der Waals surface area contributed by atoms with Crippen LogP contribution in [-0.4, -0.2) is 13.3 Å². The summed E-state index contributed by atoms with van der Waals surface area (Å²) in [6.07, 6.45) is 4.29. The minimum absolute atomic E-state index is 0.0489. The van der Waals surface area contributed by atoms with Crippen LogP contribution in [0.5, 0.6) is 0 Å². The average Bonchev–Trinajstić information content (AvgIpc) is 2.74. The molecule has 0 saturated heterocycles. The van der Waals surface area contributed by atoms with E-state index in [-0.39, 0.29) is 10.6 Å². The number of nitro groups is 1. The van der Waals surface area contributed by atoms with Gasteiger partial charge in [0.15, 0.2) is 0 Å². The van der Waals surface area contributed by atoms with Gasteiger partial charge in [0.2, 0.25) is 10.0 Å². The van der Waals surface area contributed by atoms with Gasteiger partial charge in [0, 0.05) is 12.1 Å². The van der Waals surface area contributed by atoms with E-state index in [4.69, 9.17) is 0 Å². The van der Waals surface area contributed by atoms with Crippen molar-refractivity contribution in [3.63, 3.8) is 0 Å². The fraction of sp³-hybridized carbons (Fsp3) is 0.130. The van der Waals surface area contributed by atoms with Crippen molar-refractivity contribution in [2.75, 3.05) is 0 Å². The molecule has 6 nitrogen and oxygen atoms in total. The molecule has 0 fully saturated rings. The van der Waals surface area contributed by atoms with Gasteiger partial charge in [-0.15, -0.1) is 0 Å². The maximum absolute atomic E-state index is 12.9. The Morgan fingerprint density at radius 1 is 0.967 bits per heavy atom. The third-order valence-electron chi connectivity index (χ3n) is 4.60. The summed E-state index contributed by atoms with van der Waals surface area (Å²) in [5, 5.41) is 10.9. The van der Waals surface area contributed by atoms with E-state index >= 15 is 0 Å². The number of non-ortho nitro benzene ring substituents is 1. The molecule has 0 aliphatic carbocycles. The van der Waals surface area contributed by atoms with Crippen molar-refractivity contribution in [2.45, 2.75) is 24.3 Å². The Labute approximate surface area is 176 Å². The Morgan fingerprint density at radius 3 is 2.20 bits per heavy atom. The lowest BCUT2D eigenvalue weighted by Gasteiger charge is -2.16. The van der Waals surface area contributed by atoms with Crippen LogP contribution in [0.1, 0.15) is 22.7 Å². The van der Waals surface area contributed by atoms with Crippen LogP contribution in [0.4, 0.5) is 5.69 Å². The van der Waals surface area contributed by atoms with Crippen molar-refractivity contribution < 1.29 is 13.3 Å². The summed E-state index contributed by atoms with van der Waals surface area (Å²) in [5.74, 6) is 0. The lowest BCUT2D eigenvalue weighted by Crippen LogP contribution is -2.27. The molecule has 0 bridgehead atoms. The molecular formula is C23H22N2O4S. The van der Waals surface area contributed by atoms with Crippen LogP contribution < -0.4 is 4.72 Å². The summed E-state index contributed by atoms with van der Waals surface area (Å²) in [6.45, 7) is 1.88. The molecule has 0 spiro atoms. The van der Waals surface area contributed by atoms with Crippen LogP contribution in [0.3, 0.4) is 0 Å². The van der Waals surface area contributed by atoms with Crippen molar-refractivity contribution in [1.29, 1.82) is 0 Å². The highest BCUT2D eigenvalue weighted by Crippen LogP contribution is 2.22. The van der Waals surface area contributed by atoms with Gasteiger partial charge >= 0.3 is 0 Å². The maximum atomic E-state index is 12.9. The second-order valence-corrected chi connectivity index (χ2v) is 8.59. The second-order valence-electron chi connectivity index (χ2n) is 6.88. The van der Waals surface area contributed by atoms with Gasteiger partial charge in [-0.25, -0.2) is 8.42 Å². The number of sulfonamides is 1. The first-order valence-corrected chi connectivity index (χ1v) is 10.9.